The lowest BCUT2D eigenvalue weighted by Gasteiger charge is -2.10. The second-order valence-electron chi connectivity index (χ2n) is 4.07. The molecule has 0 fully saturated rings. The van der Waals surface area contributed by atoms with Crippen LogP contribution < -0.4 is 5.32 Å². The van der Waals surface area contributed by atoms with Crippen LogP contribution in [0.2, 0.25) is 0 Å². The van der Waals surface area contributed by atoms with E-state index in [0.717, 1.165) is 21.4 Å². The third-order valence-corrected chi connectivity index (χ3v) is 3.15. The summed E-state index contributed by atoms with van der Waals surface area (Å²) in [6, 6.07) is 15.3. The highest BCUT2D eigenvalue weighted by atomic mass is 79.9. The standard InChI is InChI=1S/C15H10BrN3/c1-10-3-2-4-15(14(10)9-18)19-13-6-11(8-17)5-12(16)7-13/h2-7,19H,1H3. The summed E-state index contributed by atoms with van der Waals surface area (Å²) in [5.74, 6) is 0. The average molecular weight is 312 g/mol. The lowest BCUT2D eigenvalue weighted by Crippen LogP contribution is -1.96. The van der Waals surface area contributed by atoms with E-state index in [1.54, 1.807) is 12.1 Å². The molecule has 1 N–H and O–H groups in total. The van der Waals surface area contributed by atoms with Gasteiger partial charge in [0.25, 0.3) is 0 Å². The van der Waals surface area contributed by atoms with Gasteiger partial charge in [0.2, 0.25) is 0 Å². The molecule has 2 aromatic carbocycles. The van der Waals surface area contributed by atoms with Crippen LogP contribution in [-0.4, -0.2) is 0 Å². The molecule has 92 valence electrons. The van der Waals surface area contributed by atoms with E-state index in [2.05, 4.69) is 33.4 Å². The van der Waals surface area contributed by atoms with Crippen LogP contribution in [0, 0.1) is 29.6 Å². The normalized spacial score (nSPS) is 9.47. The lowest BCUT2D eigenvalue weighted by molar-refractivity contribution is 1.38. The first-order valence-corrected chi connectivity index (χ1v) is 6.41. The van der Waals surface area contributed by atoms with Gasteiger partial charge < -0.3 is 5.32 Å². The molecule has 0 bridgehead atoms. The van der Waals surface area contributed by atoms with E-state index >= 15 is 0 Å². The van der Waals surface area contributed by atoms with E-state index in [0.29, 0.717) is 11.1 Å². The fourth-order valence-electron chi connectivity index (χ4n) is 1.80. The summed E-state index contributed by atoms with van der Waals surface area (Å²) in [6.07, 6.45) is 0. The van der Waals surface area contributed by atoms with Crippen molar-refractivity contribution < 1.29 is 0 Å². The molecule has 0 atom stereocenters. The Morgan fingerprint density at radius 1 is 1.11 bits per heavy atom. The number of hydrogen-bond acceptors (Lipinski definition) is 3. The monoisotopic (exact) mass is 311 g/mol. The zero-order valence-electron chi connectivity index (χ0n) is 10.2. The van der Waals surface area contributed by atoms with Crippen molar-refractivity contribution in [3.63, 3.8) is 0 Å². The van der Waals surface area contributed by atoms with Crippen molar-refractivity contribution in [2.75, 3.05) is 5.32 Å². The summed E-state index contributed by atoms with van der Waals surface area (Å²) < 4.78 is 0.820. The third-order valence-electron chi connectivity index (χ3n) is 2.69. The number of nitriles is 2. The lowest BCUT2D eigenvalue weighted by atomic mass is 10.1. The maximum Gasteiger partial charge on any atom is 0.102 e. The SMILES string of the molecule is Cc1cccc(Nc2cc(Br)cc(C#N)c2)c1C#N. The van der Waals surface area contributed by atoms with E-state index in [-0.39, 0.29) is 0 Å². The Balaban J connectivity index is 2.43. The number of halogens is 1. The van der Waals surface area contributed by atoms with Crippen LogP contribution in [0.3, 0.4) is 0 Å². The second-order valence-corrected chi connectivity index (χ2v) is 4.99. The van der Waals surface area contributed by atoms with Gasteiger partial charge in [0, 0.05) is 10.2 Å². The van der Waals surface area contributed by atoms with Gasteiger partial charge in [-0.2, -0.15) is 10.5 Å². The smallest absolute Gasteiger partial charge is 0.102 e. The number of aryl methyl sites for hydroxylation is 1. The number of nitrogens with one attached hydrogen (secondary N) is 1. The Kier molecular flexibility index (Phi) is 3.85. The Morgan fingerprint density at radius 3 is 2.58 bits per heavy atom. The highest BCUT2D eigenvalue weighted by Gasteiger charge is 2.06. The molecule has 0 aliphatic rings. The first-order valence-electron chi connectivity index (χ1n) is 5.61. The molecule has 0 saturated heterocycles. The molecular formula is C15H10BrN3. The van der Waals surface area contributed by atoms with Crippen LogP contribution in [0.25, 0.3) is 0 Å². The predicted molar refractivity (Wildman–Crippen MR) is 78.0 cm³/mol. The molecule has 0 amide bonds. The first-order chi connectivity index (χ1) is 9.13. The van der Waals surface area contributed by atoms with Crippen molar-refractivity contribution >= 4 is 27.3 Å². The molecule has 0 aliphatic carbocycles. The fraction of sp³-hybridized carbons (Fsp3) is 0.0667. The van der Waals surface area contributed by atoms with E-state index in [1.165, 1.54) is 0 Å². The van der Waals surface area contributed by atoms with Crippen molar-refractivity contribution in [1.82, 2.24) is 0 Å². The molecule has 2 aromatic rings. The molecule has 0 radical (unpaired) electrons. The van der Waals surface area contributed by atoms with E-state index < -0.39 is 0 Å². The molecule has 0 unspecified atom stereocenters. The zero-order valence-corrected chi connectivity index (χ0v) is 11.8. The minimum Gasteiger partial charge on any atom is -0.354 e. The zero-order chi connectivity index (χ0) is 13.8. The van der Waals surface area contributed by atoms with Gasteiger partial charge in [-0.05, 0) is 36.8 Å². The van der Waals surface area contributed by atoms with Crippen molar-refractivity contribution in [3.05, 3.63) is 57.6 Å². The Hall–Kier alpha value is -2.30. The topological polar surface area (TPSA) is 59.6 Å². The van der Waals surface area contributed by atoms with Crippen molar-refractivity contribution in [2.24, 2.45) is 0 Å². The van der Waals surface area contributed by atoms with Crippen molar-refractivity contribution in [3.8, 4) is 12.1 Å². The highest BCUT2D eigenvalue weighted by Crippen LogP contribution is 2.26. The van der Waals surface area contributed by atoms with Gasteiger partial charge in [-0.25, -0.2) is 0 Å². The summed E-state index contributed by atoms with van der Waals surface area (Å²) in [7, 11) is 0. The van der Waals surface area contributed by atoms with Gasteiger partial charge in [0.1, 0.15) is 6.07 Å². The number of hydrogen-bond donors (Lipinski definition) is 1. The Morgan fingerprint density at radius 2 is 1.89 bits per heavy atom. The summed E-state index contributed by atoms with van der Waals surface area (Å²) in [5, 5.41) is 21.3. The summed E-state index contributed by atoms with van der Waals surface area (Å²) in [6.45, 7) is 1.89. The maximum absolute atomic E-state index is 9.18. The van der Waals surface area contributed by atoms with Crippen LogP contribution in [0.4, 0.5) is 11.4 Å². The molecule has 0 saturated carbocycles. The summed E-state index contributed by atoms with van der Waals surface area (Å²) in [5.41, 5.74) is 3.60. The highest BCUT2D eigenvalue weighted by molar-refractivity contribution is 9.10. The molecule has 0 spiro atoms. The van der Waals surface area contributed by atoms with Crippen LogP contribution in [0.5, 0.6) is 0 Å². The molecule has 0 aliphatic heterocycles. The van der Waals surface area contributed by atoms with Gasteiger partial charge in [0.15, 0.2) is 0 Å². The maximum atomic E-state index is 9.18. The van der Waals surface area contributed by atoms with Gasteiger partial charge in [-0.3, -0.25) is 0 Å². The second kappa shape index (κ2) is 5.56. The van der Waals surface area contributed by atoms with Gasteiger partial charge in [-0.15, -0.1) is 0 Å². The Labute approximate surface area is 120 Å². The molecule has 0 heterocycles. The minimum atomic E-state index is 0.558. The molecule has 2 rings (SSSR count). The fourth-order valence-corrected chi connectivity index (χ4v) is 2.30. The van der Waals surface area contributed by atoms with Crippen molar-refractivity contribution in [1.29, 1.82) is 10.5 Å². The Bertz CT molecular complexity index is 708. The van der Waals surface area contributed by atoms with Crippen LogP contribution in [-0.2, 0) is 0 Å². The number of benzene rings is 2. The van der Waals surface area contributed by atoms with Crippen LogP contribution in [0.1, 0.15) is 16.7 Å². The summed E-state index contributed by atoms with van der Waals surface area (Å²) in [4.78, 5) is 0. The number of anilines is 2. The first kappa shape index (κ1) is 13.1. The molecule has 0 aromatic heterocycles. The molecular weight excluding hydrogens is 302 g/mol. The van der Waals surface area contributed by atoms with Gasteiger partial charge in [-0.1, -0.05) is 28.1 Å². The predicted octanol–water partition coefficient (Wildman–Crippen LogP) is 4.24. The molecule has 3 nitrogen and oxygen atoms in total. The quantitative estimate of drug-likeness (QED) is 0.902. The van der Waals surface area contributed by atoms with E-state index in [9.17, 15) is 5.26 Å². The van der Waals surface area contributed by atoms with Crippen molar-refractivity contribution in [2.45, 2.75) is 6.92 Å². The van der Waals surface area contributed by atoms with Gasteiger partial charge in [0.05, 0.1) is 22.9 Å². The molecule has 4 heteroatoms. The largest absolute Gasteiger partial charge is 0.354 e. The van der Waals surface area contributed by atoms with Crippen LogP contribution in [0.15, 0.2) is 40.9 Å². The average Bonchev–Trinajstić information content (AvgIpc) is 2.38. The third kappa shape index (κ3) is 2.93. The number of rotatable bonds is 2. The van der Waals surface area contributed by atoms with Gasteiger partial charge >= 0.3 is 0 Å². The minimum absolute atomic E-state index is 0.558. The van der Waals surface area contributed by atoms with E-state index in [4.69, 9.17) is 5.26 Å². The number of nitrogens with zero attached hydrogens (tertiary/aromatic N) is 2. The van der Waals surface area contributed by atoms with Crippen LogP contribution >= 0.6 is 15.9 Å². The summed E-state index contributed by atoms with van der Waals surface area (Å²) >= 11 is 3.36. The van der Waals surface area contributed by atoms with E-state index in [1.807, 2.05) is 31.2 Å². The molecule has 19 heavy (non-hydrogen) atoms.